The van der Waals surface area contributed by atoms with Crippen LogP contribution in [0.3, 0.4) is 0 Å². The lowest BCUT2D eigenvalue weighted by molar-refractivity contribution is 0.395. The monoisotopic (exact) mass is 335 g/mol. The van der Waals surface area contributed by atoms with Crippen molar-refractivity contribution in [2.75, 3.05) is 14.2 Å². The van der Waals surface area contributed by atoms with E-state index in [0.717, 1.165) is 28.0 Å². The molecule has 0 fully saturated rings. The Hall–Kier alpha value is -1.52. The first-order valence-electron chi connectivity index (χ1n) is 6.36. The van der Waals surface area contributed by atoms with E-state index in [1.54, 1.807) is 14.2 Å². The van der Waals surface area contributed by atoms with Gasteiger partial charge in [-0.1, -0.05) is 34.1 Å². The summed E-state index contributed by atoms with van der Waals surface area (Å²) in [6, 6.07) is 13.6. The molecular weight excluding hydrogens is 318 g/mol. The Labute approximate surface area is 127 Å². The molecule has 106 valence electrons. The van der Waals surface area contributed by atoms with Crippen LogP contribution in [-0.4, -0.2) is 14.2 Å². The van der Waals surface area contributed by atoms with Crippen LogP contribution in [0.5, 0.6) is 11.5 Å². The van der Waals surface area contributed by atoms with Gasteiger partial charge in [0, 0.05) is 16.1 Å². The van der Waals surface area contributed by atoms with Gasteiger partial charge in [0.1, 0.15) is 11.5 Å². The minimum Gasteiger partial charge on any atom is -0.497 e. The number of halogens is 1. The summed E-state index contributed by atoms with van der Waals surface area (Å²) in [6.07, 6.45) is 0.727. The molecule has 0 saturated carbocycles. The van der Waals surface area contributed by atoms with Crippen molar-refractivity contribution in [3.63, 3.8) is 0 Å². The summed E-state index contributed by atoms with van der Waals surface area (Å²) in [7, 11) is 3.29. The second-order valence-electron chi connectivity index (χ2n) is 4.51. The Kier molecular flexibility index (Phi) is 5.04. The summed E-state index contributed by atoms with van der Waals surface area (Å²) in [6.45, 7) is 0. The SMILES string of the molecule is COc1ccc(OC)c(C(N)Cc2ccccc2Br)c1. The Balaban J connectivity index is 2.28. The first-order chi connectivity index (χ1) is 9.65. The van der Waals surface area contributed by atoms with Crippen LogP contribution in [0.2, 0.25) is 0 Å². The van der Waals surface area contributed by atoms with Crippen LogP contribution in [0.4, 0.5) is 0 Å². The Morgan fingerprint density at radius 3 is 2.50 bits per heavy atom. The van der Waals surface area contributed by atoms with E-state index in [2.05, 4.69) is 22.0 Å². The molecule has 4 heteroatoms. The van der Waals surface area contributed by atoms with E-state index >= 15 is 0 Å². The van der Waals surface area contributed by atoms with Gasteiger partial charge in [-0.15, -0.1) is 0 Å². The zero-order valence-corrected chi connectivity index (χ0v) is 13.2. The van der Waals surface area contributed by atoms with E-state index in [4.69, 9.17) is 15.2 Å². The summed E-state index contributed by atoms with van der Waals surface area (Å²) in [5.74, 6) is 1.56. The topological polar surface area (TPSA) is 44.5 Å². The van der Waals surface area contributed by atoms with Gasteiger partial charge in [-0.2, -0.15) is 0 Å². The van der Waals surface area contributed by atoms with Crippen LogP contribution in [0.25, 0.3) is 0 Å². The zero-order chi connectivity index (χ0) is 14.5. The normalized spacial score (nSPS) is 12.0. The summed E-state index contributed by atoms with van der Waals surface area (Å²) in [5, 5.41) is 0. The van der Waals surface area contributed by atoms with Crippen molar-refractivity contribution >= 4 is 15.9 Å². The quantitative estimate of drug-likeness (QED) is 0.905. The van der Waals surface area contributed by atoms with Crippen molar-refractivity contribution in [1.82, 2.24) is 0 Å². The number of hydrogen-bond donors (Lipinski definition) is 1. The predicted molar refractivity (Wildman–Crippen MR) is 84.3 cm³/mol. The minimum atomic E-state index is -0.154. The fraction of sp³-hybridized carbons (Fsp3) is 0.250. The molecule has 2 N–H and O–H groups in total. The molecule has 1 atom stereocenters. The highest BCUT2D eigenvalue weighted by Gasteiger charge is 2.15. The highest BCUT2D eigenvalue weighted by atomic mass is 79.9. The molecule has 0 bridgehead atoms. The van der Waals surface area contributed by atoms with Crippen LogP contribution >= 0.6 is 15.9 Å². The molecule has 0 aliphatic heterocycles. The number of benzene rings is 2. The molecule has 0 spiro atoms. The fourth-order valence-electron chi connectivity index (χ4n) is 2.14. The van der Waals surface area contributed by atoms with E-state index < -0.39 is 0 Å². The van der Waals surface area contributed by atoms with Gasteiger partial charge in [-0.05, 0) is 36.2 Å². The smallest absolute Gasteiger partial charge is 0.123 e. The maximum absolute atomic E-state index is 6.34. The molecule has 0 radical (unpaired) electrons. The molecule has 0 saturated heterocycles. The number of nitrogens with two attached hydrogens (primary N) is 1. The predicted octanol–water partition coefficient (Wildman–Crippen LogP) is 3.71. The maximum atomic E-state index is 6.34. The number of rotatable bonds is 5. The van der Waals surface area contributed by atoms with Crippen molar-refractivity contribution in [2.45, 2.75) is 12.5 Å². The molecule has 0 amide bonds. The molecule has 0 aliphatic rings. The average molecular weight is 336 g/mol. The Bertz CT molecular complexity index is 586. The van der Waals surface area contributed by atoms with E-state index in [-0.39, 0.29) is 6.04 Å². The van der Waals surface area contributed by atoms with E-state index in [1.165, 1.54) is 5.56 Å². The van der Waals surface area contributed by atoms with Crippen molar-refractivity contribution in [3.8, 4) is 11.5 Å². The lowest BCUT2D eigenvalue weighted by Crippen LogP contribution is -2.15. The van der Waals surface area contributed by atoms with Gasteiger partial charge < -0.3 is 15.2 Å². The second kappa shape index (κ2) is 6.77. The van der Waals surface area contributed by atoms with Gasteiger partial charge in [0.05, 0.1) is 14.2 Å². The van der Waals surface area contributed by atoms with Gasteiger partial charge in [-0.3, -0.25) is 0 Å². The van der Waals surface area contributed by atoms with Gasteiger partial charge in [0.2, 0.25) is 0 Å². The summed E-state index contributed by atoms with van der Waals surface area (Å²) >= 11 is 3.55. The van der Waals surface area contributed by atoms with Crippen LogP contribution in [0.1, 0.15) is 17.2 Å². The molecule has 20 heavy (non-hydrogen) atoms. The highest BCUT2D eigenvalue weighted by Crippen LogP contribution is 2.31. The first kappa shape index (κ1) is 14.9. The fourth-order valence-corrected chi connectivity index (χ4v) is 2.59. The van der Waals surface area contributed by atoms with Crippen molar-refractivity contribution < 1.29 is 9.47 Å². The lowest BCUT2D eigenvalue weighted by Gasteiger charge is -2.17. The highest BCUT2D eigenvalue weighted by molar-refractivity contribution is 9.10. The molecule has 0 heterocycles. The number of ether oxygens (including phenoxy) is 2. The van der Waals surface area contributed by atoms with Gasteiger partial charge >= 0.3 is 0 Å². The van der Waals surface area contributed by atoms with Crippen molar-refractivity contribution in [2.24, 2.45) is 5.73 Å². The van der Waals surface area contributed by atoms with E-state index in [9.17, 15) is 0 Å². The third-order valence-corrected chi connectivity index (χ3v) is 4.01. The zero-order valence-electron chi connectivity index (χ0n) is 11.6. The van der Waals surface area contributed by atoms with Crippen LogP contribution in [-0.2, 0) is 6.42 Å². The molecule has 3 nitrogen and oxygen atoms in total. The van der Waals surface area contributed by atoms with E-state index in [0.29, 0.717) is 0 Å². The molecule has 2 aromatic rings. The average Bonchev–Trinajstić information content (AvgIpc) is 2.48. The standard InChI is InChI=1S/C16H18BrNO2/c1-19-12-7-8-16(20-2)13(10-12)15(18)9-11-5-3-4-6-14(11)17/h3-8,10,15H,9,18H2,1-2H3. The van der Waals surface area contributed by atoms with E-state index in [1.807, 2.05) is 36.4 Å². The summed E-state index contributed by atoms with van der Waals surface area (Å²) < 4.78 is 11.7. The third-order valence-electron chi connectivity index (χ3n) is 3.23. The molecule has 1 unspecified atom stereocenters. The lowest BCUT2D eigenvalue weighted by atomic mass is 9.98. The molecule has 0 aliphatic carbocycles. The summed E-state index contributed by atoms with van der Waals surface area (Å²) in [5.41, 5.74) is 8.46. The van der Waals surface area contributed by atoms with Crippen molar-refractivity contribution in [3.05, 3.63) is 58.1 Å². The molecular formula is C16H18BrNO2. The van der Waals surface area contributed by atoms with Crippen LogP contribution < -0.4 is 15.2 Å². The Morgan fingerprint density at radius 1 is 1.10 bits per heavy atom. The van der Waals surface area contributed by atoms with Gasteiger partial charge in [0.25, 0.3) is 0 Å². The molecule has 2 aromatic carbocycles. The summed E-state index contributed by atoms with van der Waals surface area (Å²) in [4.78, 5) is 0. The Morgan fingerprint density at radius 2 is 1.85 bits per heavy atom. The molecule has 2 rings (SSSR count). The second-order valence-corrected chi connectivity index (χ2v) is 5.36. The largest absolute Gasteiger partial charge is 0.497 e. The minimum absolute atomic E-state index is 0.154. The molecule has 0 aromatic heterocycles. The van der Waals surface area contributed by atoms with Gasteiger partial charge in [0.15, 0.2) is 0 Å². The van der Waals surface area contributed by atoms with Crippen LogP contribution in [0, 0.1) is 0 Å². The number of methoxy groups -OCH3 is 2. The third kappa shape index (κ3) is 3.32. The van der Waals surface area contributed by atoms with Crippen LogP contribution in [0.15, 0.2) is 46.9 Å². The van der Waals surface area contributed by atoms with Crippen molar-refractivity contribution in [1.29, 1.82) is 0 Å². The van der Waals surface area contributed by atoms with Gasteiger partial charge in [-0.25, -0.2) is 0 Å². The maximum Gasteiger partial charge on any atom is 0.123 e. The number of hydrogen-bond acceptors (Lipinski definition) is 3. The first-order valence-corrected chi connectivity index (χ1v) is 7.16.